The quantitative estimate of drug-likeness (QED) is 0.874. The van der Waals surface area contributed by atoms with Crippen LogP contribution in [0.3, 0.4) is 0 Å². The van der Waals surface area contributed by atoms with Gasteiger partial charge in [-0.2, -0.15) is 0 Å². The van der Waals surface area contributed by atoms with Crippen LogP contribution >= 0.6 is 0 Å². The number of carbonyl (C=O) groups excluding carboxylic acids is 1. The number of benzene rings is 1. The number of hydrogen-bond acceptors (Lipinski definition) is 3. The Hall–Kier alpha value is -2.07. The molecule has 1 amide bonds. The number of nitrogens with zero attached hydrogens (tertiary/aromatic N) is 2. The summed E-state index contributed by atoms with van der Waals surface area (Å²) in [7, 11) is 2.13. The molecule has 2 aliphatic rings. The molecule has 1 aromatic carbocycles. The first-order chi connectivity index (χ1) is 11.2. The van der Waals surface area contributed by atoms with Gasteiger partial charge in [-0.3, -0.25) is 4.79 Å². The van der Waals surface area contributed by atoms with Gasteiger partial charge in [-0.15, -0.1) is 0 Å². The lowest BCUT2D eigenvalue weighted by atomic mass is 10.0. The van der Waals surface area contributed by atoms with Gasteiger partial charge in [0, 0.05) is 31.5 Å². The van der Waals surface area contributed by atoms with Crippen molar-refractivity contribution >= 4 is 5.91 Å². The Morgan fingerprint density at radius 3 is 2.70 bits per heavy atom. The molecule has 4 nitrogen and oxygen atoms in total. The molecule has 2 fully saturated rings. The minimum absolute atomic E-state index is 0.0933. The fourth-order valence-electron chi connectivity index (χ4n) is 3.64. The molecule has 1 aliphatic heterocycles. The molecule has 0 bridgehead atoms. The van der Waals surface area contributed by atoms with Crippen LogP contribution in [0.2, 0.25) is 0 Å². The summed E-state index contributed by atoms with van der Waals surface area (Å²) < 4.78 is 5.47. The average molecular weight is 310 g/mol. The summed E-state index contributed by atoms with van der Waals surface area (Å²) in [6.07, 6.45) is 2.61. The van der Waals surface area contributed by atoms with Crippen molar-refractivity contribution in [3.8, 4) is 0 Å². The van der Waals surface area contributed by atoms with E-state index < -0.39 is 0 Å². The van der Waals surface area contributed by atoms with Crippen molar-refractivity contribution in [2.75, 3.05) is 26.7 Å². The summed E-state index contributed by atoms with van der Waals surface area (Å²) in [5.74, 6) is 1.60. The van der Waals surface area contributed by atoms with Crippen molar-refractivity contribution in [3.63, 3.8) is 0 Å². The number of hydrogen-bond donors (Lipinski definition) is 0. The first-order valence-corrected chi connectivity index (χ1v) is 8.31. The van der Waals surface area contributed by atoms with E-state index in [4.69, 9.17) is 4.42 Å². The maximum atomic E-state index is 13.0. The highest BCUT2D eigenvalue weighted by atomic mass is 16.3. The number of likely N-dealkylation sites (N-methyl/N-ethyl adjacent to an activating group) is 1. The molecule has 120 valence electrons. The van der Waals surface area contributed by atoms with Gasteiger partial charge >= 0.3 is 0 Å². The van der Waals surface area contributed by atoms with Crippen LogP contribution in [0.4, 0.5) is 0 Å². The van der Waals surface area contributed by atoms with E-state index in [1.807, 2.05) is 18.2 Å². The topological polar surface area (TPSA) is 36.7 Å². The minimum Gasteiger partial charge on any atom is -0.469 e. The molecule has 0 unspecified atom stereocenters. The van der Waals surface area contributed by atoms with Crippen molar-refractivity contribution < 1.29 is 9.21 Å². The fraction of sp³-hybridized carbons (Fsp3) is 0.421. The maximum absolute atomic E-state index is 13.0. The highest BCUT2D eigenvalue weighted by Gasteiger charge is 2.49. The molecule has 0 spiro atoms. The Kier molecular flexibility index (Phi) is 3.69. The highest BCUT2D eigenvalue weighted by Crippen LogP contribution is 2.49. The molecule has 4 heteroatoms. The second-order valence-corrected chi connectivity index (χ2v) is 6.68. The van der Waals surface area contributed by atoms with Gasteiger partial charge in [0.25, 0.3) is 0 Å². The van der Waals surface area contributed by atoms with E-state index in [0.29, 0.717) is 0 Å². The lowest BCUT2D eigenvalue weighted by Crippen LogP contribution is -2.49. The zero-order valence-corrected chi connectivity index (χ0v) is 13.4. The zero-order chi connectivity index (χ0) is 15.8. The second-order valence-electron chi connectivity index (χ2n) is 6.68. The van der Waals surface area contributed by atoms with Crippen LogP contribution in [-0.2, 0) is 4.79 Å². The molecule has 1 saturated carbocycles. The Labute approximate surface area is 136 Å². The maximum Gasteiger partial charge on any atom is 0.227 e. The SMILES string of the molecule is CN1CCN(C(=O)[C@@H]2C[C@H]2c2ccco2)[C@@H](c2ccccc2)C1. The predicted octanol–water partition coefficient (Wildman–Crippen LogP) is 2.90. The van der Waals surface area contributed by atoms with Crippen LogP contribution in [0.5, 0.6) is 0 Å². The van der Waals surface area contributed by atoms with Gasteiger partial charge in [0.05, 0.1) is 12.3 Å². The lowest BCUT2D eigenvalue weighted by Gasteiger charge is -2.40. The molecule has 2 aromatic rings. The first kappa shape index (κ1) is 14.5. The number of piperazine rings is 1. The van der Waals surface area contributed by atoms with Crippen LogP contribution in [0.1, 0.15) is 29.7 Å². The summed E-state index contributed by atoms with van der Waals surface area (Å²) in [5.41, 5.74) is 1.22. The van der Waals surface area contributed by atoms with Crippen molar-refractivity contribution in [2.24, 2.45) is 5.92 Å². The smallest absolute Gasteiger partial charge is 0.227 e. The molecule has 1 aromatic heterocycles. The second kappa shape index (κ2) is 5.85. The third-order valence-electron chi connectivity index (χ3n) is 5.07. The van der Waals surface area contributed by atoms with Gasteiger partial charge in [0.2, 0.25) is 5.91 Å². The third-order valence-corrected chi connectivity index (χ3v) is 5.07. The van der Waals surface area contributed by atoms with E-state index in [2.05, 4.69) is 41.1 Å². The normalized spacial score (nSPS) is 27.9. The van der Waals surface area contributed by atoms with Crippen LogP contribution in [-0.4, -0.2) is 42.4 Å². The Morgan fingerprint density at radius 1 is 1.13 bits per heavy atom. The van der Waals surface area contributed by atoms with E-state index in [1.54, 1.807) is 6.26 Å². The first-order valence-electron chi connectivity index (χ1n) is 8.31. The van der Waals surface area contributed by atoms with Gasteiger partial charge in [0.15, 0.2) is 0 Å². The van der Waals surface area contributed by atoms with E-state index in [-0.39, 0.29) is 23.8 Å². The van der Waals surface area contributed by atoms with E-state index in [0.717, 1.165) is 31.8 Å². The van der Waals surface area contributed by atoms with Crippen LogP contribution in [0, 0.1) is 5.92 Å². The third kappa shape index (κ3) is 2.79. The number of rotatable bonds is 3. The molecule has 2 heterocycles. The molecule has 3 atom stereocenters. The average Bonchev–Trinajstić information content (AvgIpc) is 3.20. The summed E-state index contributed by atoms with van der Waals surface area (Å²) in [4.78, 5) is 17.4. The Balaban J connectivity index is 1.53. The summed E-state index contributed by atoms with van der Waals surface area (Å²) in [6.45, 7) is 2.64. The van der Waals surface area contributed by atoms with Crippen LogP contribution in [0.25, 0.3) is 0 Å². The highest BCUT2D eigenvalue weighted by molar-refractivity contribution is 5.83. The van der Waals surface area contributed by atoms with E-state index in [1.165, 1.54) is 5.56 Å². The van der Waals surface area contributed by atoms with Crippen molar-refractivity contribution in [3.05, 3.63) is 60.1 Å². The summed E-state index contributed by atoms with van der Waals surface area (Å²) in [6, 6.07) is 14.4. The van der Waals surface area contributed by atoms with Crippen molar-refractivity contribution in [1.82, 2.24) is 9.80 Å². The zero-order valence-electron chi connectivity index (χ0n) is 13.4. The Morgan fingerprint density at radius 2 is 1.96 bits per heavy atom. The predicted molar refractivity (Wildman–Crippen MR) is 87.9 cm³/mol. The van der Waals surface area contributed by atoms with Crippen LogP contribution in [0.15, 0.2) is 53.1 Å². The Bertz CT molecular complexity index is 668. The summed E-state index contributed by atoms with van der Waals surface area (Å²) >= 11 is 0. The van der Waals surface area contributed by atoms with Gasteiger partial charge in [-0.25, -0.2) is 0 Å². The fourth-order valence-corrected chi connectivity index (χ4v) is 3.64. The monoisotopic (exact) mass is 310 g/mol. The van der Waals surface area contributed by atoms with E-state index >= 15 is 0 Å². The number of furan rings is 1. The van der Waals surface area contributed by atoms with Gasteiger partial charge in [0.1, 0.15) is 5.76 Å². The minimum atomic E-state index is 0.0933. The molecule has 1 saturated heterocycles. The molecular weight excluding hydrogens is 288 g/mol. The summed E-state index contributed by atoms with van der Waals surface area (Å²) in [5, 5.41) is 0. The number of amides is 1. The molecule has 23 heavy (non-hydrogen) atoms. The number of carbonyl (C=O) groups is 1. The van der Waals surface area contributed by atoms with Gasteiger partial charge in [-0.05, 0) is 31.2 Å². The molecule has 0 radical (unpaired) electrons. The van der Waals surface area contributed by atoms with Crippen molar-refractivity contribution in [2.45, 2.75) is 18.4 Å². The van der Waals surface area contributed by atoms with Gasteiger partial charge < -0.3 is 14.2 Å². The molecular formula is C19H22N2O2. The lowest BCUT2D eigenvalue weighted by molar-refractivity contribution is -0.137. The van der Waals surface area contributed by atoms with Gasteiger partial charge in [-0.1, -0.05) is 30.3 Å². The molecule has 0 N–H and O–H groups in total. The largest absolute Gasteiger partial charge is 0.469 e. The van der Waals surface area contributed by atoms with Crippen LogP contribution < -0.4 is 0 Å². The van der Waals surface area contributed by atoms with Crippen molar-refractivity contribution in [1.29, 1.82) is 0 Å². The standard InChI is InChI=1S/C19H22N2O2/c1-20-9-10-21(17(13-20)14-6-3-2-4-7-14)19(22)16-12-15(16)18-8-5-11-23-18/h2-8,11,15-17H,9-10,12-13H2,1H3/t15-,16-,17-/m1/s1. The molecule has 1 aliphatic carbocycles. The molecule has 4 rings (SSSR count). The van der Waals surface area contributed by atoms with E-state index in [9.17, 15) is 4.79 Å².